The van der Waals surface area contributed by atoms with Crippen LogP contribution in [0.25, 0.3) is 0 Å². The minimum atomic E-state index is -0.582. The fraction of sp³-hybridized carbons (Fsp3) is 0.176. The summed E-state index contributed by atoms with van der Waals surface area (Å²) in [6.07, 6.45) is -0.578. The van der Waals surface area contributed by atoms with Crippen LogP contribution < -0.4 is 15.4 Å². The van der Waals surface area contributed by atoms with Crippen LogP contribution in [0.2, 0.25) is 0 Å². The minimum Gasteiger partial charge on any atom is -0.479 e. The Balaban J connectivity index is 1.63. The quantitative estimate of drug-likeness (QED) is 0.816. The molecular formula is C17H14F2N2O3S. The van der Waals surface area contributed by atoms with E-state index in [1.165, 1.54) is 0 Å². The number of rotatable bonds is 4. The molecule has 2 aromatic rings. The van der Waals surface area contributed by atoms with Gasteiger partial charge in [0.05, 0.1) is 11.4 Å². The first-order chi connectivity index (χ1) is 11.9. The Morgan fingerprint density at radius 3 is 2.88 bits per heavy atom. The monoisotopic (exact) mass is 364 g/mol. The summed E-state index contributed by atoms with van der Waals surface area (Å²) in [5, 5.41) is 5.32. The van der Waals surface area contributed by atoms with Crippen LogP contribution in [0.1, 0.15) is 6.92 Å². The zero-order chi connectivity index (χ0) is 18.0. The van der Waals surface area contributed by atoms with Crippen molar-refractivity contribution >= 4 is 35.0 Å². The topological polar surface area (TPSA) is 67.4 Å². The molecular weight excluding hydrogens is 350 g/mol. The van der Waals surface area contributed by atoms with E-state index in [-0.39, 0.29) is 22.5 Å². The molecule has 0 aromatic heterocycles. The van der Waals surface area contributed by atoms with Crippen LogP contribution in [0.3, 0.4) is 0 Å². The van der Waals surface area contributed by atoms with Crippen LogP contribution in [-0.2, 0) is 9.59 Å². The second kappa shape index (κ2) is 7.10. The molecule has 1 aliphatic heterocycles. The van der Waals surface area contributed by atoms with Crippen molar-refractivity contribution in [1.29, 1.82) is 0 Å². The van der Waals surface area contributed by atoms with E-state index in [1.807, 2.05) is 0 Å². The van der Waals surface area contributed by atoms with E-state index in [0.717, 1.165) is 30.0 Å². The highest BCUT2D eigenvalue weighted by atomic mass is 32.2. The number of carbonyl (C=O) groups is 2. The predicted molar refractivity (Wildman–Crippen MR) is 90.9 cm³/mol. The molecule has 0 saturated carbocycles. The molecule has 1 atom stereocenters. The fourth-order valence-electron chi connectivity index (χ4n) is 2.21. The Bertz CT molecular complexity index is 845. The van der Waals surface area contributed by atoms with E-state index in [1.54, 1.807) is 25.1 Å². The summed E-state index contributed by atoms with van der Waals surface area (Å²) in [4.78, 5) is 23.7. The van der Waals surface area contributed by atoms with Gasteiger partial charge in [-0.15, -0.1) is 11.8 Å². The van der Waals surface area contributed by atoms with Gasteiger partial charge in [-0.2, -0.15) is 0 Å². The number of amides is 2. The van der Waals surface area contributed by atoms with Gasteiger partial charge in [0.1, 0.15) is 17.4 Å². The third kappa shape index (κ3) is 4.08. The Morgan fingerprint density at radius 2 is 2.08 bits per heavy atom. The van der Waals surface area contributed by atoms with Gasteiger partial charge >= 0.3 is 0 Å². The summed E-state index contributed by atoms with van der Waals surface area (Å²) in [5.74, 6) is -1.37. The molecule has 0 radical (unpaired) electrons. The molecule has 2 N–H and O–H groups in total. The molecule has 5 nitrogen and oxygen atoms in total. The van der Waals surface area contributed by atoms with Crippen LogP contribution in [0, 0.1) is 11.6 Å². The highest BCUT2D eigenvalue weighted by Crippen LogP contribution is 2.32. The summed E-state index contributed by atoms with van der Waals surface area (Å²) in [6, 6.07) is 7.92. The standard InChI is InChI=1S/C17H14F2N2O3S/c1-9-17(23)21-13-7-11(3-5-14(13)24-9)20-16(22)8-25-15-6-10(18)2-4-12(15)19/h2-7,9H,8H2,1H3,(H,20,22)(H,21,23)/t9-/m1/s1. The maximum atomic E-state index is 13.5. The Kier molecular flexibility index (Phi) is 4.89. The Labute approximate surface area is 146 Å². The maximum absolute atomic E-state index is 13.5. The molecule has 2 amide bonds. The summed E-state index contributed by atoms with van der Waals surface area (Å²) < 4.78 is 32.1. The van der Waals surface area contributed by atoms with Crippen molar-refractivity contribution in [3.8, 4) is 5.75 Å². The molecule has 0 saturated heterocycles. The van der Waals surface area contributed by atoms with E-state index in [2.05, 4.69) is 10.6 Å². The van der Waals surface area contributed by atoms with Crippen molar-refractivity contribution in [3.05, 3.63) is 48.0 Å². The molecule has 2 aromatic carbocycles. The lowest BCUT2D eigenvalue weighted by Gasteiger charge is -2.23. The number of hydrogen-bond acceptors (Lipinski definition) is 4. The third-order valence-corrected chi connectivity index (χ3v) is 4.48. The van der Waals surface area contributed by atoms with Crippen molar-refractivity contribution in [1.82, 2.24) is 0 Å². The Morgan fingerprint density at radius 1 is 1.28 bits per heavy atom. The number of hydrogen-bond donors (Lipinski definition) is 2. The molecule has 3 rings (SSSR count). The van der Waals surface area contributed by atoms with Gasteiger partial charge < -0.3 is 15.4 Å². The van der Waals surface area contributed by atoms with Crippen molar-refractivity contribution in [2.24, 2.45) is 0 Å². The van der Waals surface area contributed by atoms with E-state index in [4.69, 9.17) is 4.74 Å². The zero-order valence-electron chi connectivity index (χ0n) is 13.1. The number of fused-ring (bicyclic) bond motifs is 1. The number of anilines is 2. The summed E-state index contributed by atoms with van der Waals surface area (Å²) >= 11 is 0.897. The lowest BCUT2D eigenvalue weighted by atomic mass is 10.2. The molecule has 130 valence electrons. The van der Waals surface area contributed by atoms with Gasteiger partial charge in [0.15, 0.2) is 6.10 Å². The molecule has 1 aliphatic rings. The van der Waals surface area contributed by atoms with E-state index >= 15 is 0 Å². The van der Waals surface area contributed by atoms with Gasteiger partial charge in [0.2, 0.25) is 5.91 Å². The van der Waals surface area contributed by atoms with Crippen molar-refractivity contribution < 1.29 is 23.1 Å². The van der Waals surface area contributed by atoms with Gasteiger partial charge in [-0.25, -0.2) is 8.78 Å². The molecule has 25 heavy (non-hydrogen) atoms. The van der Waals surface area contributed by atoms with Gasteiger partial charge in [0.25, 0.3) is 5.91 Å². The first kappa shape index (κ1) is 17.2. The average Bonchev–Trinajstić information content (AvgIpc) is 2.57. The summed E-state index contributed by atoms with van der Waals surface area (Å²) in [5.41, 5.74) is 0.923. The maximum Gasteiger partial charge on any atom is 0.265 e. The highest BCUT2D eigenvalue weighted by molar-refractivity contribution is 8.00. The fourth-order valence-corrected chi connectivity index (χ4v) is 2.98. The number of benzene rings is 2. The van der Waals surface area contributed by atoms with E-state index < -0.39 is 17.7 Å². The first-order valence-corrected chi connectivity index (χ1v) is 8.40. The second-order valence-electron chi connectivity index (χ2n) is 5.37. The average molecular weight is 364 g/mol. The van der Waals surface area contributed by atoms with Crippen molar-refractivity contribution in [3.63, 3.8) is 0 Å². The number of thioether (sulfide) groups is 1. The van der Waals surface area contributed by atoms with Crippen molar-refractivity contribution in [2.45, 2.75) is 17.9 Å². The molecule has 0 fully saturated rings. The largest absolute Gasteiger partial charge is 0.479 e. The van der Waals surface area contributed by atoms with Crippen LogP contribution in [0.15, 0.2) is 41.3 Å². The molecule has 0 bridgehead atoms. The number of carbonyl (C=O) groups excluding carboxylic acids is 2. The minimum absolute atomic E-state index is 0.0650. The highest BCUT2D eigenvalue weighted by Gasteiger charge is 2.23. The van der Waals surface area contributed by atoms with E-state index in [9.17, 15) is 18.4 Å². The second-order valence-corrected chi connectivity index (χ2v) is 6.39. The molecule has 0 spiro atoms. The normalized spacial score (nSPS) is 15.8. The van der Waals surface area contributed by atoms with Gasteiger partial charge in [-0.05, 0) is 43.3 Å². The summed E-state index contributed by atoms with van der Waals surface area (Å²) in [6.45, 7) is 1.64. The van der Waals surface area contributed by atoms with Gasteiger partial charge in [-0.1, -0.05) is 0 Å². The lowest BCUT2D eigenvalue weighted by molar-refractivity contribution is -0.122. The van der Waals surface area contributed by atoms with Gasteiger partial charge in [0, 0.05) is 10.6 Å². The summed E-state index contributed by atoms with van der Waals surface area (Å²) in [7, 11) is 0. The smallest absolute Gasteiger partial charge is 0.265 e. The molecule has 1 heterocycles. The van der Waals surface area contributed by atoms with Crippen molar-refractivity contribution in [2.75, 3.05) is 16.4 Å². The van der Waals surface area contributed by atoms with Crippen LogP contribution >= 0.6 is 11.8 Å². The van der Waals surface area contributed by atoms with Crippen LogP contribution in [-0.4, -0.2) is 23.7 Å². The number of nitrogens with one attached hydrogen (secondary N) is 2. The Hall–Kier alpha value is -2.61. The molecule has 8 heteroatoms. The molecule has 0 aliphatic carbocycles. The predicted octanol–water partition coefficient (Wildman–Crippen LogP) is 3.42. The third-order valence-electron chi connectivity index (χ3n) is 3.45. The lowest BCUT2D eigenvalue weighted by Crippen LogP contribution is -2.34. The SMILES string of the molecule is C[C@H]1Oc2ccc(NC(=O)CSc3cc(F)ccc3F)cc2NC1=O. The van der Waals surface area contributed by atoms with Crippen LogP contribution in [0.4, 0.5) is 20.2 Å². The van der Waals surface area contributed by atoms with E-state index in [0.29, 0.717) is 17.1 Å². The number of ether oxygens (including phenoxy) is 1. The van der Waals surface area contributed by atoms with Crippen LogP contribution in [0.5, 0.6) is 5.75 Å². The van der Waals surface area contributed by atoms with Gasteiger partial charge in [-0.3, -0.25) is 9.59 Å². The first-order valence-electron chi connectivity index (χ1n) is 7.41. The zero-order valence-corrected chi connectivity index (χ0v) is 14.0. The number of halogens is 2. The molecule has 0 unspecified atom stereocenters.